The summed E-state index contributed by atoms with van der Waals surface area (Å²) in [5, 5.41) is 20.6. The summed E-state index contributed by atoms with van der Waals surface area (Å²) >= 11 is 0. The van der Waals surface area contributed by atoms with Crippen molar-refractivity contribution in [1.29, 1.82) is 0 Å². The van der Waals surface area contributed by atoms with Gasteiger partial charge >= 0.3 is 21.3 Å². The van der Waals surface area contributed by atoms with Crippen LogP contribution in [0, 0.1) is 18.6 Å². The van der Waals surface area contributed by atoms with Gasteiger partial charge in [-0.15, -0.1) is 0 Å². The first-order valence-electron chi connectivity index (χ1n) is 10.1. The first-order chi connectivity index (χ1) is 16.6. The van der Waals surface area contributed by atoms with Crippen LogP contribution >= 0.6 is 15.6 Å². The quantitative estimate of drug-likeness (QED) is 0.251. The summed E-state index contributed by atoms with van der Waals surface area (Å²) in [4.78, 5) is 52.2. The van der Waals surface area contributed by atoms with E-state index in [1.807, 2.05) is 0 Å². The van der Waals surface area contributed by atoms with Gasteiger partial charge in [0.25, 0.3) is 5.56 Å². The first kappa shape index (κ1) is 28.5. The largest absolute Gasteiger partial charge is 0.481 e. The normalized spacial score (nSPS) is 24.1. The summed E-state index contributed by atoms with van der Waals surface area (Å²) < 4.78 is 64.3. The van der Waals surface area contributed by atoms with E-state index in [2.05, 4.69) is 8.83 Å². The van der Waals surface area contributed by atoms with E-state index in [4.69, 9.17) is 14.5 Å². The molecular formula is C18H22F2N2O12P2. The van der Waals surface area contributed by atoms with E-state index in [9.17, 15) is 42.6 Å². The molecule has 5 N–H and O–H groups in total. The van der Waals surface area contributed by atoms with Crippen molar-refractivity contribution < 1.29 is 56.4 Å². The van der Waals surface area contributed by atoms with Gasteiger partial charge in [0.15, 0.2) is 6.23 Å². The van der Waals surface area contributed by atoms with Crippen LogP contribution in [0.1, 0.15) is 17.4 Å². The lowest BCUT2D eigenvalue weighted by molar-refractivity contribution is -0.0549. The van der Waals surface area contributed by atoms with Gasteiger partial charge in [-0.3, -0.25) is 18.5 Å². The summed E-state index contributed by atoms with van der Waals surface area (Å²) in [5.41, 5.74) is -1.70. The number of nitrogens with zero attached hydrogens (tertiary/aromatic N) is 2. The van der Waals surface area contributed by atoms with Gasteiger partial charge in [0.05, 0.1) is 6.61 Å². The number of phosphoric ester groups is 1. The minimum absolute atomic E-state index is 0.00840. The molecule has 3 rings (SSSR count). The van der Waals surface area contributed by atoms with Gasteiger partial charge in [0, 0.05) is 24.4 Å². The molecule has 200 valence electrons. The monoisotopic (exact) mass is 558 g/mol. The Morgan fingerprint density at radius 1 is 1.11 bits per heavy atom. The van der Waals surface area contributed by atoms with Crippen molar-refractivity contribution in [3.63, 3.8) is 0 Å². The van der Waals surface area contributed by atoms with Gasteiger partial charge in [0.2, 0.25) is 0 Å². The molecule has 1 fully saturated rings. The molecule has 1 aliphatic heterocycles. The number of aromatic nitrogens is 2. The molecule has 1 unspecified atom stereocenters. The predicted octanol–water partition coefficient (Wildman–Crippen LogP) is -0.315. The highest BCUT2D eigenvalue weighted by Gasteiger charge is 2.46. The molecule has 0 radical (unpaired) electrons. The van der Waals surface area contributed by atoms with E-state index in [-0.39, 0.29) is 24.1 Å². The maximum Gasteiger partial charge on any atom is 0.481 e. The maximum absolute atomic E-state index is 13.9. The van der Waals surface area contributed by atoms with E-state index in [0.29, 0.717) is 6.07 Å². The predicted molar refractivity (Wildman–Crippen MR) is 115 cm³/mol. The highest BCUT2D eigenvalue weighted by atomic mass is 31.3. The van der Waals surface area contributed by atoms with Crippen molar-refractivity contribution >= 4 is 15.6 Å². The third kappa shape index (κ3) is 6.61. The number of rotatable bonds is 9. The Hall–Kier alpha value is -2.10. The second-order valence-electron chi connectivity index (χ2n) is 7.83. The molecule has 2 aromatic rings. The molecule has 0 aliphatic carbocycles. The average molecular weight is 558 g/mol. The first-order valence-corrected chi connectivity index (χ1v) is 13.1. The van der Waals surface area contributed by atoms with Gasteiger partial charge in [-0.2, -0.15) is 4.31 Å². The highest BCUT2D eigenvalue weighted by molar-refractivity contribution is 7.60. The number of benzene rings is 1. The molecule has 18 heteroatoms. The zero-order valence-corrected chi connectivity index (χ0v) is 20.2. The maximum atomic E-state index is 13.9. The molecule has 0 amide bonds. The number of ether oxygens (including phenoxy) is 1. The number of phosphoric acid groups is 2. The molecule has 1 aliphatic rings. The van der Waals surface area contributed by atoms with Crippen LogP contribution in [0.2, 0.25) is 0 Å². The molecular weight excluding hydrogens is 536 g/mol. The highest BCUT2D eigenvalue weighted by Crippen LogP contribution is 2.57. The zero-order valence-electron chi connectivity index (χ0n) is 18.4. The fraction of sp³-hybridized carbons (Fsp3) is 0.444. The SMILES string of the molecule is Cc1cn([C@@H]2O[C@H](COP(=O)(O)OP(=O)(O)O)[C@H](O)[C@@H]2O)c(=O)n(CCc2ccc(F)cc2F)c1=O. The Morgan fingerprint density at radius 2 is 1.78 bits per heavy atom. The molecule has 0 spiro atoms. The third-order valence-electron chi connectivity index (χ3n) is 5.21. The Bertz CT molecular complexity index is 1340. The molecule has 0 bridgehead atoms. The number of aryl methyl sites for hydroxylation is 2. The molecule has 1 aromatic carbocycles. The van der Waals surface area contributed by atoms with E-state index >= 15 is 0 Å². The minimum atomic E-state index is -5.40. The molecule has 2 heterocycles. The Labute approximate surface area is 200 Å². The summed E-state index contributed by atoms with van der Waals surface area (Å²) in [6.07, 6.45) is -5.91. The molecule has 1 saturated heterocycles. The van der Waals surface area contributed by atoms with E-state index in [1.54, 1.807) is 0 Å². The van der Waals surface area contributed by atoms with Gasteiger partial charge in [0.1, 0.15) is 29.9 Å². The van der Waals surface area contributed by atoms with Crippen molar-refractivity contribution in [3.05, 3.63) is 68.0 Å². The van der Waals surface area contributed by atoms with Crippen molar-refractivity contribution in [3.8, 4) is 0 Å². The lowest BCUT2D eigenvalue weighted by Gasteiger charge is -2.20. The summed E-state index contributed by atoms with van der Waals surface area (Å²) in [5.74, 6) is -1.68. The van der Waals surface area contributed by atoms with Crippen molar-refractivity contribution in [2.24, 2.45) is 0 Å². The minimum Gasteiger partial charge on any atom is -0.387 e. The second kappa shape index (κ2) is 10.7. The lowest BCUT2D eigenvalue weighted by Crippen LogP contribution is -2.44. The van der Waals surface area contributed by atoms with Gasteiger partial charge in [-0.1, -0.05) is 6.07 Å². The van der Waals surface area contributed by atoms with Crippen molar-refractivity contribution in [2.45, 2.75) is 44.4 Å². The number of hydrogen-bond acceptors (Lipinski definition) is 9. The van der Waals surface area contributed by atoms with Crippen LogP contribution in [-0.4, -0.2) is 58.9 Å². The van der Waals surface area contributed by atoms with Crippen LogP contribution < -0.4 is 11.2 Å². The summed E-state index contributed by atoms with van der Waals surface area (Å²) in [7, 11) is -10.7. The van der Waals surface area contributed by atoms with Gasteiger partial charge in [-0.05, 0) is 25.0 Å². The lowest BCUT2D eigenvalue weighted by atomic mass is 10.1. The summed E-state index contributed by atoms with van der Waals surface area (Å²) in [6.45, 7) is 0.0278. The molecule has 1 aromatic heterocycles. The van der Waals surface area contributed by atoms with Crippen molar-refractivity contribution in [2.75, 3.05) is 6.61 Å². The number of aliphatic hydroxyl groups excluding tert-OH is 2. The van der Waals surface area contributed by atoms with Crippen LogP contribution in [0.15, 0.2) is 34.0 Å². The second-order valence-corrected chi connectivity index (χ2v) is 10.7. The topological polar surface area (TPSA) is 207 Å². The molecule has 5 atom stereocenters. The van der Waals surface area contributed by atoms with E-state index in [1.165, 1.54) is 6.92 Å². The number of aliphatic hydroxyl groups is 2. The van der Waals surface area contributed by atoms with Crippen LogP contribution in [0.5, 0.6) is 0 Å². The number of hydrogen-bond donors (Lipinski definition) is 5. The van der Waals surface area contributed by atoms with Gasteiger partial charge < -0.3 is 29.6 Å². The Balaban J connectivity index is 1.82. The third-order valence-corrected chi connectivity index (χ3v) is 7.36. The van der Waals surface area contributed by atoms with Gasteiger partial charge in [-0.25, -0.2) is 22.7 Å². The molecule has 0 saturated carbocycles. The Kier molecular flexibility index (Phi) is 8.47. The van der Waals surface area contributed by atoms with E-state index in [0.717, 1.165) is 27.5 Å². The van der Waals surface area contributed by atoms with Crippen LogP contribution in [0.25, 0.3) is 0 Å². The smallest absolute Gasteiger partial charge is 0.387 e. The van der Waals surface area contributed by atoms with Crippen molar-refractivity contribution in [1.82, 2.24) is 9.13 Å². The molecule has 36 heavy (non-hydrogen) atoms. The standard InChI is InChI=1S/C18H22F2N2O12P2/c1-9-7-22(18(26)21(16(9)25)5-4-10-2-3-11(19)6-12(10)20)17-15(24)14(23)13(33-17)8-32-36(30,31)34-35(27,28)29/h2-3,6-7,13-15,17,23-24H,4-5,8H2,1H3,(H,30,31)(H2,27,28,29)/t13-,14+,15+,17-/m1/s1. The average Bonchev–Trinajstić information content (AvgIpc) is 3.03. The summed E-state index contributed by atoms with van der Waals surface area (Å²) in [6, 6.07) is 2.82. The fourth-order valence-electron chi connectivity index (χ4n) is 3.52. The van der Waals surface area contributed by atoms with Crippen LogP contribution in [-0.2, 0) is 35.7 Å². The Morgan fingerprint density at radius 3 is 2.39 bits per heavy atom. The zero-order chi connectivity index (χ0) is 27.0. The fourth-order valence-corrected chi connectivity index (χ4v) is 5.12. The van der Waals surface area contributed by atoms with Crippen LogP contribution in [0.3, 0.4) is 0 Å². The molecule has 14 nitrogen and oxygen atoms in total. The van der Waals surface area contributed by atoms with E-state index < -0.39 is 69.7 Å². The number of halogens is 2. The van der Waals surface area contributed by atoms with Crippen LogP contribution in [0.4, 0.5) is 8.78 Å².